The average molecular weight is 367 g/mol. The minimum Gasteiger partial charge on any atom is -0.404 e. The Kier molecular flexibility index (Phi) is 5.37. The predicted molar refractivity (Wildman–Crippen MR) is 79.7 cm³/mol. The van der Waals surface area contributed by atoms with Crippen LogP contribution in [0.25, 0.3) is 0 Å². The van der Waals surface area contributed by atoms with Crippen LogP contribution in [-0.2, 0) is 0 Å². The van der Waals surface area contributed by atoms with Gasteiger partial charge in [-0.3, -0.25) is 0 Å². The summed E-state index contributed by atoms with van der Waals surface area (Å²) in [6.07, 6.45) is -2.65. The molecule has 1 unspecified atom stereocenters. The lowest BCUT2D eigenvalue weighted by molar-refractivity contribution is -0.274. The molecule has 1 aliphatic heterocycles. The van der Waals surface area contributed by atoms with E-state index in [2.05, 4.69) is 32.9 Å². The zero-order valence-electron chi connectivity index (χ0n) is 11.7. The second-order valence-electron chi connectivity index (χ2n) is 5.05. The standard InChI is InChI=1S/C14H18BrF3N2O/c1-2-3-11-9-20(7-6-19-11)12-5-4-10(15)8-13(12)21-14(16,17)18/h4-5,8,11,19H,2-3,6-7,9H2,1H3. The molecule has 1 aliphatic rings. The van der Waals surface area contributed by atoms with Gasteiger partial charge < -0.3 is 15.0 Å². The third kappa shape index (κ3) is 4.78. The molecule has 1 saturated heterocycles. The van der Waals surface area contributed by atoms with Crippen LogP contribution in [0.15, 0.2) is 22.7 Å². The van der Waals surface area contributed by atoms with Gasteiger partial charge in [0.15, 0.2) is 5.75 Å². The molecule has 0 amide bonds. The van der Waals surface area contributed by atoms with Crippen LogP contribution >= 0.6 is 15.9 Å². The van der Waals surface area contributed by atoms with Crippen molar-refractivity contribution in [3.63, 3.8) is 0 Å². The topological polar surface area (TPSA) is 24.5 Å². The van der Waals surface area contributed by atoms with Gasteiger partial charge in [0.1, 0.15) is 0 Å². The van der Waals surface area contributed by atoms with Crippen molar-refractivity contribution in [3.8, 4) is 5.75 Å². The molecule has 0 aliphatic carbocycles. The zero-order chi connectivity index (χ0) is 15.5. The number of nitrogens with one attached hydrogen (secondary N) is 1. The van der Waals surface area contributed by atoms with Gasteiger partial charge in [-0.05, 0) is 24.6 Å². The van der Waals surface area contributed by atoms with Crippen LogP contribution in [0.1, 0.15) is 19.8 Å². The maximum Gasteiger partial charge on any atom is 0.573 e. The van der Waals surface area contributed by atoms with Crippen molar-refractivity contribution in [2.45, 2.75) is 32.2 Å². The maximum atomic E-state index is 12.5. The van der Waals surface area contributed by atoms with E-state index < -0.39 is 6.36 Å². The van der Waals surface area contributed by atoms with Gasteiger partial charge in [0.2, 0.25) is 0 Å². The zero-order valence-corrected chi connectivity index (χ0v) is 13.3. The SMILES string of the molecule is CCCC1CN(c2ccc(Br)cc2OC(F)(F)F)CCN1. The average Bonchev–Trinajstić information content (AvgIpc) is 2.37. The van der Waals surface area contributed by atoms with E-state index in [0.717, 1.165) is 19.4 Å². The Morgan fingerprint density at radius 3 is 2.86 bits per heavy atom. The number of halogens is 4. The largest absolute Gasteiger partial charge is 0.573 e. The summed E-state index contributed by atoms with van der Waals surface area (Å²) in [5.41, 5.74) is 0.484. The molecule has 3 nitrogen and oxygen atoms in total. The molecule has 1 atom stereocenters. The minimum absolute atomic E-state index is 0.158. The molecule has 1 N–H and O–H groups in total. The van der Waals surface area contributed by atoms with Crippen LogP contribution in [0.5, 0.6) is 5.75 Å². The fraction of sp³-hybridized carbons (Fsp3) is 0.571. The lowest BCUT2D eigenvalue weighted by Gasteiger charge is -2.36. The third-order valence-electron chi connectivity index (χ3n) is 3.38. The first-order valence-corrected chi connectivity index (χ1v) is 7.72. The second-order valence-corrected chi connectivity index (χ2v) is 5.96. The number of piperazine rings is 1. The van der Waals surface area contributed by atoms with E-state index in [1.54, 1.807) is 12.1 Å². The van der Waals surface area contributed by atoms with Crippen LogP contribution < -0.4 is 15.0 Å². The van der Waals surface area contributed by atoms with E-state index in [9.17, 15) is 13.2 Å². The van der Waals surface area contributed by atoms with Crippen LogP contribution in [0.4, 0.5) is 18.9 Å². The second kappa shape index (κ2) is 6.87. The van der Waals surface area contributed by atoms with Crippen molar-refractivity contribution >= 4 is 21.6 Å². The van der Waals surface area contributed by atoms with Crippen molar-refractivity contribution < 1.29 is 17.9 Å². The summed E-state index contributed by atoms with van der Waals surface area (Å²) in [6, 6.07) is 5.06. The lowest BCUT2D eigenvalue weighted by atomic mass is 10.1. The van der Waals surface area contributed by atoms with Crippen LogP contribution in [0.2, 0.25) is 0 Å². The number of benzene rings is 1. The Balaban J connectivity index is 2.21. The van der Waals surface area contributed by atoms with Crippen molar-refractivity contribution in [1.29, 1.82) is 0 Å². The number of rotatable bonds is 4. The monoisotopic (exact) mass is 366 g/mol. The van der Waals surface area contributed by atoms with Crippen LogP contribution in [-0.4, -0.2) is 32.0 Å². The molecular weight excluding hydrogens is 349 g/mol. The molecule has 0 aromatic heterocycles. The first-order chi connectivity index (χ1) is 9.89. The summed E-state index contributed by atoms with van der Waals surface area (Å²) >= 11 is 3.19. The van der Waals surface area contributed by atoms with Gasteiger partial charge in [0.05, 0.1) is 5.69 Å². The normalized spacial score (nSPS) is 19.7. The van der Waals surface area contributed by atoms with Gasteiger partial charge in [-0.2, -0.15) is 0 Å². The van der Waals surface area contributed by atoms with Crippen molar-refractivity contribution in [2.24, 2.45) is 0 Å². The highest BCUT2D eigenvalue weighted by molar-refractivity contribution is 9.10. The van der Waals surface area contributed by atoms with Crippen LogP contribution in [0.3, 0.4) is 0 Å². The van der Waals surface area contributed by atoms with E-state index >= 15 is 0 Å². The summed E-state index contributed by atoms with van der Waals surface area (Å²) in [5, 5.41) is 3.38. The molecule has 0 radical (unpaired) electrons. The number of hydrogen-bond donors (Lipinski definition) is 1. The first-order valence-electron chi connectivity index (χ1n) is 6.92. The Morgan fingerprint density at radius 2 is 2.19 bits per heavy atom. The molecule has 0 bridgehead atoms. The quantitative estimate of drug-likeness (QED) is 0.873. The number of hydrogen-bond acceptors (Lipinski definition) is 3. The van der Waals surface area contributed by atoms with Gasteiger partial charge in [0.25, 0.3) is 0 Å². The van der Waals surface area contributed by atoms with Gasteiger partial charge >= 0.3 is 6.36 Å². The summed E-state index contributed by atoms with van der Waals surface area (Å²) in [6.45, 7) is 4.20. The summed E-state index contributed by atoms with van der Waals surface area (Å²) in [5.74, 6) is -0.158. The number of ether oxygens (including phenoxy) is 1. The number of anilines is 1. The highest BCUT2D eigenvalue weighted by Gasteiger charge is 2.33. The van der Waals surface area contributed by atoms with E-state index in [0.29, 0.717) is 29.3 Å². The Morgan fingerprint density at radius 1 is 1.43 bits per heavy atom. The molecule has 0 saturated carbocycles. The molecule has 1 aromatic carbocycles. The molecule has 1 heterocycles. The number of alkyl halides is 3. The van der Waals surface area contributed by atoms with E-state index in [4.69, 9.17) is 0 Å². The fourth-order valence-electron chi connectivity index (χ4n) is 2.54. The molecule has 1 aromatic rings. The van der Waals surface area contributed by atoms with E-state index in [-0.39, 0.29) is 5.75 Å². The first kappa shape index (κ1) is 16.4. The van der Waals surface area contributed by atoms with Crippen molar-refractivity contribution in [2.75, 3.05) is 24.5 Å². The van der Waals surface area contributed by atoms with Gasteiger partial charge in [-0.15, -0.1) is 13.2 Å². The molecule has 2 rings (SSSR count). The molecule has 1 fully saturated rings. The van der Waals surface area contributed by atoms with E-state index in [1.807, 2.05) is 4.90 Å². The summed E-state index contributed by atoms with van der Waals surface area (Å²) in [7, 11) is 0. The predicted octanol–water partition coefficient (Wildman–Crippen LogP) is 3.93. The maximum absolute atomic E-state index is 12.5. The number of nitrogens with zero attached hydrogens (tertiary/aromatic N) is 1. The molecule has 0 spiro atoms. The molecule has 21 heavy (non-hydrogen) atoms. The molecule has 7 heteroatoms. The van der Waals surface area contributed by atoms with Crippen LogP contribution in [0, 0.1) is 0 Å². The fourth-order valence-corrected chi connectivity index (χ4v) is 2.88. The summed E-state index contributed by atoms with van der Waals surface area (Å²) in [4.78, 5) is 1.95. The summed E-state index contributed by atoms with van der Waals surface area (Å²) < 4.78 is 42.4. The molecular formula is C14H18BrF3N2O. The van der Waals surface area contributed by atoms with Gasteiger partial charge in [-0.25, -0.2) is 0 Å². The highest BCUT2D eigenvalue weighted by atomic mass is 79.9. The van der Waals surface area contributed by atoms with E-state index in [1.165, 1.54) is 6.07 Å². The third-order valence-corrected chi connectivity index (χ3v) is 3.87. The lowest BCUT2D eigenvalue weighted by Crippen LogP contribution is -2.50. The molecule has 118 valence electrons. The Bertz CT molecular complexity index is 480. The smallest absolute Gasteiger partial charge is 0.404 e. The van der Waals surface area contributed by atoms with Crippen molar-refractivity contribution in [3.05, 3.63) is 22.7 Å². The Hall–Kier alpha value is -0.950. The highest BCUT2D eigenvalue weighted by Crippen LogP contribution is 2.35. The van der Waals surface area contributed by atoms with Gasteiger partial charge in [-0.1, -0.05) is 29.3 Å². The minimum atomic E-state index is -4.69. The Labute approximate surface area is 130 Å². The van der Waals surface area contributed by atoms with Gasteiger partial charge in [0, 0.05) is 30.1 Å². The van der Waals surface area contributed by atoms with Crippen molar-refractivity contribution in [1.82, 2.24) is 5.32 Å².